The number of carbonyl (C=O) groups excluding carboxylic acids is 1. The highest BCUT2D eigenvalue weighted by Crippen LogP contribution is 2.38. The fraction of sp³-hybridized carbons (Fsp3) is 0.474. The Hall–Kier alpha value is -2.50. The van der Waals surface area contributed by atoms with E-state index in [1.54, 1.807) is 6.20 Å². The van der Waals surface area contributed by atoms with E-state index in [0.717, 1.165) is 36.7 Å². The quantitative estimate of drug-likeness (QED) is 0.857. The summed E-state index contributed by atoms with van der Waals surface area (Å²) in [6.45, 7) is 3.86. The van der Waals surface area contributed by atoms with Crippen LogP contribution in [0.2, 0.25) is 0 Å². The average Bonchev–Trinajstić information content (AvgIpc) is 3.20. The normalized spacial score (nSPS) is 22.5. The van der Waals surface area contributed by atoms with Gasteiger partial charge in [0.1, 0.15) is 5.82 Å². The Bertz CT molecular complexity index is 801. The third-order valence-corrected chi connectivity index (χ3v) is 5.19. The standard InChI is InChI=1S/C19H23N3O3/c1-19(10-14-3-4-15-16(9-14)25-13-24-15)6-5-18(23)22(12-19)11-17-20-7-8-21(17)2/h3-4,7-9H,5-6,10-13H2,1-2H3/t19-/m1/s1. The van der Waals surface area contributed by atoms with Crippen molar-refractivity contribution >= 4 is 5.91 Å². The minimum Gasteiger partial charge on any atom is -0.454 e. The molecular formula is C19H23N3O3. The Morgan fingerprint density at radius 1 is 1.28 bits per heavy atom. The van der Waals surface area contributed by atoms with Gasteiger partial charge in [-0.2, -0.15) is 0 Å². The van der Waals surface area contributed by atoms with Crippen LogP contribution in [0.25, 0.3) is 0 Å². The van der Waals surface area contributed by atoms with Gasteiger partial charge in [-0.25, -0.2) is 4.98 Å². The zero-order valence-electron chi connectivity index (χ0n) is 14.7. The number of nitrogens with zero attached hydrogens (tertiary/aromatic N) is 3. The summed E-state index contributed by atoms with van der Waals surface area (Å²) in [4.78, 5) is 18.7. The molecule has 3 heterocycles. The second-order valence-electron chi connectivity index (χ2n) is 7.38. The average molecular weight is 341 g/mol. The molecule has 1 saturated heterocycles. The Labute approximate surface area is 147 Å². The number of imidazole rings is 1. The first kappa shape index (κ1) is 16.0. The molecule has 1 aromatic heterocycles. The van der Waals surface area contributed by atoms with E-state index < -0.39 is 0 Å². The largest absolute Gasteiger partial charge is 0.454 e. The van der Waals surface area contributed by atoms with Gasteiger partial charge >= 0.3 is 0 Å². The molecule has 2 aliphatic rings. The van der Waals surface area contributed by atoms with Gasteiger partial charge in [0.2, 0.25) is 12.7 Å². The van der Waals surface area contributed by atoms with Crippen LogP contribution in [0.15, 0.2) is 30.6 Å². The van der Waals surface area contributed by atoms with Crippen LogP contribution < -0.4 is 9.47 Å². The van der Waals surface area contributed by atoms with Gasteiger partial charge in [0, 0.05) is 32.4 Å². The molecule has 0 aliphatic carbocycles. The molecule has 0 N–H and O–H groups in total. The number of piperidine rings is 1. The highest BCUT2D eigenvalue weighted by molar-refractivity contribution is 5.77. The lowest BCUT2D eigenvalue weighted by molar-refractivity contribution is -0.138. The molecule has 132 valence electrons. The van der Waals surface area contributed by atoms with E-state index in [0.29, 0.717) is 19.8 Å². The van der Waals surface area contributed by atoms with Gasteiger partial charge in [-0.15, -0.1) is 0 Å². The van der Waals surface area contributed by atoms with Gasteiger partial charge in [-0.05, 0) is 36.0 Å². The first-order valence-electron chi connectivity index (χ1n) is 8.65. The number of hydrogen-bond acceptors (Lipinski definition) is 4. The number of aromatic nitrogens is 2. The van der Waals surface area contributed by atoms with E-state index in [1.807, 2.05) is 28.8 Å². The highest BCUT2D eigenvalue weighted by atomic mass is 16.7. The van der Waals surface area contributed by atoms with Crippen molar-refractivity contribution < 1.29 is 14.3 Å². The topological polar surface area (TPSA) is 56.6 Å². The molecule has 0 saturated carbocycles. The van der Waals surface area contributed by atoms with Crippen LogP contribution in [-0.2, 0) is 24.8 Å². The Morgan fingerprint density at radius 3 is 2.92 bits per heavy atom. The van der Waals surface area contributed by atoms with Gasteiger partial charge in [-0.1, -0.05) is 13.0 Å². The van der Waals surface area contributed by atoms with Gasteiger partial charge in [0.25, 0.3) is 0 Å². The molecule has 0 spiro atoms. The van der Waals surface area contributed by atoms with Crippen molar-refractivity contribution in [3.8, 4) is 11.5 Å². The van der Waals surface area contributed by atoms with E-state index in [9.17, 15) is 4.79 Å². The van der Waals surface area contributed by atoms with E-state index in [4.69, 9.17) is 9.47 Å². The van der Waals surface area contributed by atoms with E-state index in [1.165, 1.54) is 5.56 Å². The minimum absolute atomic E-state index is 0.0484. The molecule has 1 fully saturated rings. The molecule has 6 heteroatoms. The third-order valence-electron chi connectivity index (χ3n) is 5.19. The molecule has 0 bridgehead atoms. The summed E-state index contributed by atoms with van der Waals surface area (Å²) < 4.78 is 12.8. The number of rotatable bonds is 4. The number of amides is 1. The van der Waals surface area contributed by atoms with Gasteiger partial charge in [0.05, 0.1) is 6.54 Å². The predicted octanol–water partition coefficient (Wildman–Crippen LogP) is 2.52. The summed E-state index contributed by atoms with van der Waals surface area (Å²) in [7, 11) is 1.96. The Balaban J connectivity index is 1.49. The van der Waals surface area contributed by atoms with Crippen molar-refractivity contribution in [3.05, 3.63) is 42.0 Å². The molecule has 0 radical (unpaired) electrons. The van der Waals surface area contributed by atoms with Crippen molar-refractivity contribution in [2.24, 2.45) is 12.5 Å². The zero-order chi connectivity index (χ0) is 17.4. The first-order valence-corrected chi connectivity index (χ1v) is 8.65. The lowest BCUT2D eigenvalue weighted by Gasteiger charge is -2.40. The lowest BCUT2D eigenvalue weighted by atomic mass is 9.76. The van der Waals surface area contributed by atoms with Crippen LogP contribution in [0.4, 0.5) is 0 Å². The van der Waals surface area contributed by atoms with Crippen LogP contribution in [-0.4, -0.2) is 33.7 Å². The zero-order valence-corrected chi connectivity index (χ0v) is 14.7. The second kappa shape index (κ2) is 6.10. The monoisotopic (exact) mass is 341 g/mol. The number of hydrogen-bond donors (Lipinski definition) is 0. The lowest BCUT2D eigenvalue weighted by Crippen LogP contribution is -2.46. The van der Waals surface area contributed by atoms with E-state index in [2.05, 4.69) is 24.0 Å². The summed E-state index contributed by atoms with van der Waals surface area (Å²) in [5.41, 5.74) is 1.27. The predicted molar refractivity (Wildman–Crippen MR) is 92.2 cm³/mol. The summed E-state index contributed by atoms with van der Waals surface area (Å²) in [5.74, 6) is 2.76. The molecule has 25 heavy (non-hydrogen) atoms. The number of ether oxygens (including phenoxy) is 2. The highest BCUT2D eigenvalue weighted by Gasteiger charge is 2.35. The van der Waals surface area contributed by atoms with Gasteiger partial charge in [0.15, 0.2) is 11.5 Å². The number of benzene rings is 1. The molecule has 6 nitrogen and oxygen atoms in total. The summed E-state index contributed by atoms with van der Waals surface area (Å²) in [6.07, 6.45) is 6.09. The van der Waals surface area contributed by atoms with Crippen LogP contribution in [0.3, 0.4) is 0 Å². The van der Waals surface area contributed by atoms with Crippen LogP contribution in [0.1, 0.15) is 31.2 Å². The Kier molecular flexibility index (Phi) is 3.90. The third kappa shape index (κ3) is 3.21. The number of fused-ring (bicyclic) bond motifs is 1. The smallest absolute Gasteiger partial charge is 0.231 e. The minimum atomic E-state index is 0.0484. The molecular weight excluding hydrogens is 318 g/mol. The van der Waals surface area contributed by atoms with Crippen molar-refractivity contribution in [1.29, 1.82) is 0 Å². The molecule has 1 aromatic carbocycles. The van der Waals surface area contributed by atoms with Crippen LogP contribution in [0.5, 0.6) is 11.5 Å². The van der Waals surface area contributed by atoms with Crippen LogP contribution >= 0.6 is 0 Å². The Morgan fingerprint density at radius 2 is 2.12 bits per heavy atom. The molecule has 4 rings (SSSR count). The number of carbonyl (C=O) groups is 1. The fourth-order valence-electron chi connectivity index (χ4n) is 3.75. The van der Waals surface area contributed by atoms with Gasteiger partial charge in [-0.3, -0.25) is 4.79 Å². The molecule has 2 aromatic rings. The van der Waals surface area contributed by atoms with E-state index >= 15 is 0 Å². The number of aryl methyl sites for hydroxylation is 1. The molecule has 1 amide bonds. The van der Waals surface area contributed by atoms with E-state index in [-0.39, 0.29) is 11.3 Å². The summed E-state index contributed by atoms with van der Waals surface area (Å²) in [5, 5.41) is 0. The first-order chi connectivity index (χ1) is 12.0. The summed E-state index contributed by atoms with van der Waals surface area (Å²) >= 11 is 0. The van der Waals surface area contributed by atoms with Crippen molar-refractivity contribution in [2.45, 2.75) is 32.7 Å². The maximum atomic E-state index is 12.4. The fourth-order valence-corrected chi connectivity index (χ4v) is 3.75. The summed E-state index contributed by atoms with van der Waals surface area (Å²) in [6, 6.07) is 6.13. The maximum Gasteiger partial charge on any atom is 0.231 e. The maximum absolute atomic E-state index is 12.4. The molecule has 2 aliphatic heterocycles. The molecule has 1 atom stereocenters. The van der Waals surface area contributed by atoms with Crippen LogP contribution in [0, 0.1) is 5.41 Å². The number of likely N-dealkylation sites (tertiary alicyclic amines) is 1. The van der Waals surface area contributed by atoms with Crippen molar-refractivity contribution in [2.75, 3.05) is 13.3 Å². The molecule has 0 unspecified atom stereocenters. The van der Waals surface area contributed by atoms with Crippen molar-refractivity contribution in [1.82, 2.24) is 14.5 Å². The SMILES string of the molecule is Cn1ccnc1CN1C[C@@](C)(Cc2ccc3c(c2)OCO3)CCC1=O. The second-order valence-corrected chi connectivity index (χ2v) is 7.38. The van der Waals surface area contributed by atoms with Crippen molar-refractivity contribution in [3.63, 3.8) is 0 Å². The van der Waals surface area contributed by atoms with Gasteiger partial charge < -0.3 is 18.9 Å².